The van der Waals surface area contributed by atoms with Crippen molar-refractivity contribution >= 4 is 21.9 Å². The Balaban J connectivity index is 1.48. The standard InChI is InChI=1S/C18H16F3N4/c19-18(20,21)13-7-15(13)25-6-3-10(9-25)11-1-4-22-14-8-24-17-12(16(11)14)2-5-23-17/h1-2,4-5,8,10,15H,3,6-7,9H2,(H,23,24). The van der Waals surface area contributed by atoms with Gasteiger partial charge in [-0.25, -0.2) is 4.98 Å². The van der Waals surface area contributed by atoms with Crippen molar-refractivity contribution in [1.82, 2.24) is 19.9 Å². The number of H-pyrrole nitrogens is 1. The van der Waals surface area contributed by atoms with E-state index in [1.54, 1.807) is 12.4 Å². The fourth-order valence-electron chi connectivity index (χ4n) is 4.15. The van der Waals surface area contributed by atoms with Gasteiger partial charge in [-0.1, -0.05) is 0 Å². The Bertz CT molecular complexity index is 948. The number of rotatable bonds is 2. The zero-order chi connectivity index (χ0) is 17.2. The summed E-state index contributed by atoms with van der Waals surface area (Å²) in [5.74, 6) is -0.0500. The van der Waals surface area contributed by atoms with E-state index in [-0.39, 0.29) is 18.3 Å². The first-order valence-electron chi connectivity index (χ1n) is 8.40. The van der Waals surface area contributed by atoms with Crippen LogP contribution in [0.5, 0.6) is 0 Å². The number of halogens is 3. The Morgan fingerprint density at radius 2 is 2.08 bits per heavy atom. The maximum atomic E-state index is 12.8. The second-order valence-corrected chi connectivity index (χ2v) is 6.88. The number of hydrogen-bond acceptors (Lipinski definition) is 3. The Hall–Kier alpha value is -2.15. The Labute approximate surface area is 142 Å². The van der Waals surface area contributed by atoms with E-state index in [2.05, 4.69) is 15.0 Å². The molecule has 1 N–H and O–H groups in total. The molecule has 0 aromatic carbocycles. The molecule has 129 valence electrons. The number of likely N-dealkylation sites (tertiary alicyclic amines) is 1. The third kappa shape index (κ3) is 2.40. The van der Waals surface area contributed by atoms with E-state index >= 15 is 0 Å². The highest BCUT2D eigenvalue weighted by Gasteiger charge is 2.59. The van der Waals surface area contributed by atoms with Crippen LogP contribution in [0.15, 0.2) is 30.7 Å². The molecule has 3 aromatic heterocycles. The molecule has 25 heavy (non-hydrogen) atoms. The van der Waals surface area contributed by atoms with Crippen LogP contribution < -0.4 is 0 Å². The number of hydrogen-bond donors (Lipinski definition) is 1. The van der Waals surface area contributed by atoms with Gasteiger partial charge in [-0.2, -0.15) is 13.2 Å². The fraction of sp³-hybridized carbons (Fsp3) is 0.389. The highest BCUT2D eigenvalue weighted by Crippen LogP contribution is 2.51. The number of pyridine rings is 2. The summed E-state index contributed by atoms with van der Waals surface area (Å²) in [6.45, 7) is 1.37. The molecular formula is C18H16F3N4. The van der Waals surface area contributed by atoms with Crippen molar-refractivity contribution in [3.63, 3.8) is 0 Å². The number of nitrogens with one attached hydrogen (secondary N) is 1. The van der Waals surface area contributed by atoms with Crippen LogP contribution in [0.2, 0.25) is 0 Å². The van der Waals surface area contributed by atoms with Gasteiger partial charge in [0, 0.05) is 35.8 Å². The normalized spacial score (nSPS) is 25.2. The molecule has 1 saturated carbocycles. The minimum Gasteiger partial charge on any atom is -0.346 e. The number of nitrogens with zero attached hydrogens (tertiary/aromatic N) is 3. The third-order valence-electron chi connectivity index (χ3n) is 5.44. The molecule has 5 rings (SSSR count). The second-order valence-electron chi connectivity index (χ2n) is 6.88. The Kier molecular flexibility index (Phi) is 3.13. The summed E-state index contributed by atoms with van der Waals surface area (Å²) in [6, 6.07) is 3.58. The van der Waals surface area contributed by atoms with Crippen molar-refractivity contribution in [2.75, 3.05) is 13.1 Å². The molecule has 2 aliphatic rings. The van der Waals surface area contributed by atoms with Gasteiger partial charge in [0.15, 0.2) is 0 Å². The molecule has 2 unspecified atom stereocenters. The molecule has 2 atom stereocenters. The molecule has 4 heterocycles. The summed E-state index contributed by atoms with van der Waals surface area (Å²) in [5, 5.41) is 2.09. The quantitative estimate of drug-likeness (QED) is 0.768. The van der Waals surface area contributed by atoms with E-state index in [0.717, 1.165) is 33.9 Å². The summed E-state index contributed by atoms with van der Waals surface area (Å²) in [5.41, 5.74) is 2.80. The number of alkyl halides is 3. The van der Waals surface area contributed by atoms with E-state index in [9.17, 15) is 13.2 Å². The Morgan fingerprint density at radius 3 is 2.88 bits per heavy atom. The zero-order valence-corrected chi connectivity index (χ0v) is 13.3. The van der Waals surface area contributed by atoms with E-state index in [0.29, 0.717) is 13.1 Å². The molecule has 2 fully saturated rings. The van der Waals surface area contributed by atoms with Crippen LogP contribution in [0.4, 0.5) is 13.2 Å². The van der Waals surface area contributed by atoms with Gasteiger partial charge in [0.05, 0.1) is 17.6 Å². The van der Waals surface area contributed by atoms with Gasteiger partial charge in [-0.05, 0) is 43.0 Å². The van der Waals surface area contributed by atoms with Gasteiger partial charge in [-0.3, -0.25) is 9.88 Å². The van der Waals surface area contributed by atoms with E-state index in [1.807, 2.05) is 23.2 Å². The first-order chi connectivity index (χ1) is 12.0. The largest absolute Gasteiger partial charge is 0.396 e. The molecule has 1 aliphatic heterocycles. The van der Waals surface area contributed by atoms with E-state index in [4.69, 9.17) is 0 Å². The fourth-order valence-corrected chi connectivity index (χ4v) is 4.15. The third-order valence-corrected chi connectivity index (χ3v) is 5.44. The van der Waals surface area contributed by atoms with Crippen molar-refractivity contribution in [2.45, 2.75) is 31.0 Å². The van der Waals surface area contributed by atoms with Gasteiger partial charge >= 0.3 is 6.18 Å². The average molecular weight is 345 g/mol. The van der Waals surface area contributed by atoms with Crippen LogP contribution in [-0.2, 0) is 0 Å². The van der Waals surface area contributed by atoms with Crippen LogP contribution in [0.1, 0.15) is 24.3 Å². The molecule has 0 bridgehead atoms. The first-order valence-corrected chi connectivity index (χ1v) is 8.40. The molecular weight excluding hydrogens is 329 g/mol. The predicted molar refractivity (Wildman–Crippen MR) is 88.0 cm³/mol. The van der Waals surface area contributed by atoms with Crippen LogP contribution in [-0.4, -0.2) is 45.2 Å². The Morgan fingerprint density at radius 1 is 1.20 bits per heavy atom. The summed E-state index contributed by atoms with van der Waals surface area (Å²) in [7, 11) is 0. The highest BCUT2D eigenvalue weighted by molar-refractivity contribution is 6.05. The van der Waals surface area contributed by atoms with Crippen molar-refractivity contribution in [1.29, 1.82) is 0 Å². The van der Waals surface area contributed by atoms with Gasteiger partial charge in [-0.15, -0.1) is 0 Å². The molecule has 1 saturated heterocycles. The van der Waals surface area contributed by atoms with E-state index < -0.39 is 12.2 Å². The number of aromatic amines is 1. The maximum absolute atomic E-state index is 12.8. The van der Waals surface area contributed by atoms with Crippen LogP contribution >= 0.6 is 0 Å². The monoisotopic (exact) mass is 345 g/mol. The molecule has 7 heteroatoms. The van der Waals surface area contributed by atoms with Gasteiger partial charge in [0.25, 0.3) is 0 Å². The van der Waals surface area contributed by atoms with Crippen molar-refractivity contribution < 1.29 is 13.2 Å². The molecule has 0 amide bonds. The van der Waals surface area contributed by atoms with Gasteiger partial charge in [0.1, 0.15) is 5.65 Å². The summed E-state index contributed by atoms with van der Waals surface area (Å²) in [4.78, 5) is 13.9. The summed E-state index contributed by atoms with van der Waals surface area (Å²) < 4.78 is 38.5. The summed E-state index contributed by atoms with van der Waals surface area (Å²) >= 11 is 0. The van der Waals surface area contributed by atoms with Crippen molar-refractivity contribution in [3.8, 4) is 0 Å². The lowest BCUT2D eigenvalue weighted by Gasteiger charge is -2.18. The SMILES string of the molecule is FC(F)(F)[C]1CC1N1CCC(c2ccnc3cnc4[nH]ccc4c23)C1. The molecule has 0 spiro atoms. The number of fused-ring (bicyclic) bond motifs is 3. The topological polar surface area (TPSA) is 44.8 Å². The molecule has 1 radical (unpaired) electrons. The van der Waals surface area contributed by atoms with Gasteiger partial charge in [0.2, 0.25) is 0 Å². The highest BCUT2D eigenvalue weighted by atomic mass is 19.4. The maximum Gasteiger partial charge on any atom is 0.396 e. The van der Waals surface area contributed by atoms with Crippen molar-refractivity contribution in [3.05, 3.63) is 42.2 Å². The van der Waals surface area contributed by atoms with Crippen LogP contribution in [0, 0.1) is 5.92 Å². The zero-order valence-electron chi connectivity index (χ0n) is 13.3. The lowest BCUT2D eigenvalue weighted by atomic mass is 9.94. The minimum atomic E-state index is -4.14. The predicted octanol–water partition coefficient (Wildman–Crippen LogP) is 3.81. The lowest BCUT2D eigenvalue weighted by molar-refractivity contribution is -0.105. The van der Waals surface area contributed by atoms with Gasteiger partial charge < -0.3 is 4.98 Å². The van der Waals surface area contributed by atoms with Crippen LogP contribution in [0.25, 0.3) is 21.9 Å². The molecule has 1 aliphatic carbocycles. The molecule has 3 aromatic rings. The average Bonchev–Trinajstić information content (AvgIpc) is 3.05. The number of aromatic nitrogens is 3. The smallest absolute Gasteiger partial charge is 0.346 e. The lowest BCUT2D eigenvalue weighted by Crippen LogP contribution is -2.27. The minimum absolute atomic E-state index is 0.166. The van der Waals surface area contributed by atoms with Crippen LogP contribution in [0.3, 0.4) is 0 Å². The molecule has 4 nitrogen and oxygen atoms in total. The first kappa shape index (κ1) is 15.1. The second kappa shape index (κ2) is 5.17. The van der Waals surface area contributed by atoms with Crippen molar-refractivity contribution in [2.24, 2.45) is 0 Å². The van der Waals surface area contributed by atoms with E-state index in [1.165, 1.54) is 0 Å². The summed E-state index contributed by atoms with van der Waals surface area (Å²) in [6.07, 6.45) is 2.26.